The van der Waals surface area contributed by atoms with Crippen LogP contribution >= 0.6 is 0 Å². The predicted octanol–water partition coefficient (Wildman–Crippen LogP) is 2.63. The van der Waals surface area contributed by atoms with Crippen molar-refractivity contribution >= 4 is 11.9 Å². The maximum atomic E-state index is 13.0. The normalized spacial score (nSPS) is 22.1. The molecule has 0 spiro atoms. The maximum absolute atomic E-state index is 13.0. The quantitative estimate of drug-likeness (QED) is 0.898. The number of aromatic carboxylic acids is 1. The summed E-state index contributed by atoms with van der Waals surface area (Å²) >= 11 is 0. The molecule has 5 nitrogen and oxygen atoms in total. The minimum Gasteiger partial charge on any atom is -0.477 e. The third kappa shape index (κ3) is 3.75. The van der Waals surface area contributed by atoms with Crippen molar-refractivity contribution in [2.75, 3.05) is 0 Å². The first-order chi connectivity index (χ1) is 10.3. The van der Waals surface area contributed by atoms with Crippen molar-refractivity contribution < 1.29 is 27.9 Å². The SMILES string of the molecule is O=C(N[C@H]1CCCC[C@H]1C(F)(F)F)c1ccc(C(=O)O)nc1. The van der Waals surface area contributed by atoms with Gasteiger partial charge in [-0.05, 0) is 25.0 Å². The molecule has 1 fully saturated rings. The molecule has 2 rings (SSSR count). The molecule has 2 atom stereocenters. The Kier molecular flexibility index (Phi) is 4.68. The van der Waals surface area contributed by atoms with Gasteiger partial charge in [0.25, 0.3) is 5.91 Å². The monoisotopic (exact) mass is 316 g/mol. The number of pyridine rings is 1. The molecular formula is C14H15F3N2O3. The molecule has 0 saturated heterocycles. The van der Waals surface area contributed by atoms with Crippen LogP contribution in [0.1, 0.15) is 46.5 Å². The van der Waals surface area contributed by atoms with E-state index in [4.69, 9.17) is 5.11 Å². The van der Waals surface area contributed by atoms with Gasteiger partial charge >= 0.3 is 12.1 Å². The Labute approximate surface area is 124 Å². The number of hydrogen-bond acceptors (Lipinski definition) is 3. The molecule has 0 aliphatic heterocycles. The van der Waals surface area contributed by atoms with Crippen LogP contribution in [-0.4, -0.2) is 34.2 Å². The van der Waals surface area contributed by atoms with Gasteiger partial charge in [-0.25, -0.2) is 9.78 Å². The number of rotatable bonds is 3. The van der Waals surface area contributed by atoms with Gasteiger partial charge in [-0.1, -0.05) is 12.8 Å². The van der Waals surface area contributed by atoms with Crippen LogP contribution in [-0.2, 0) is 0 Å². The van der Waals surface area contributed by atoms with Gasteiger partial charge in [0.15, 0.2) is 0 Å². The lowest BCUT2D eigenvalue weighted by molar-refractivity contribution is -0.187. The third-order valence-electron chi connectivity index (χ3n) is 3.75. The van der Waals surface area contributed by atoms with Crippen LogP contribution in [0.4, 0.5) is 13.2 Å². The van der Waals surface area contributed by atoms with E-state index in [0.29, 0.717) is 12.8 Å². The first-order valence-corrected chi connectivity index (χ1v) is 6.86. The second-order valence-electron chi connectivity index (χ2n) is 5.25. The summed E-state index contributed by atoms with van der Waals surface area (Å²) in [5, 5.41) is 11.1. The average molecular weight is 316 g/mol. The Morgan fingerprint density at radius 2 is 1.91 bits per heavy atom. The first-order valence-electron chi connectivity index (χ1n) is 6.86. The molecule has 2 N–H and O–H groups in total. The molecular weight excluding hydrogens is 301 g/mol. The number of hydrogen-bond donors (Lipinski definition) is 2. The molecule has 1 amide bonds. The molecule has 0 bridgehead atoms. The molecule has 0 radical (unpaired) electrons. The van der Waals surface area contributed by atoms with E-state index in [-0.39, 0.29) is 24.1 Å². The van der Waals surface area contributed by atoms with Crippen LogP contribution in [0.5, 0.6) is 0 Å². The first kappa shape index (κ1) is 16.3. The lowest BCUT2D eigenvalue weighted by atomic mass is 9.84. The Bertz CT molecular complexity index is 557. The summed E-state index contributed by atoms with van der Waals surface area (Å²) < 4.78 is 38.9. The number of carbonyl (C=O) groups excluding carboxylic acids is 1. The molecule has 1 aliphatic rings. The van der Waals surface area contributed by atoms with E-state index >= 15 is 0 Å². The molecule has 1 aliphatic carbocycles. The lowest BCUT2D eigenvalue weighted by Gasteiger charge is -2.33. The number of carbonyl (C=O) groups is 2. The van der Waals surface area contributed by atoms with E-state index in [1.807, 2.05) is 0 Å². The molecule has 0 unspecified atom stereocenters. The Balaban J connectivity index is 2.08. The molecule has 1 aromatic rings. The Hall–Kier alpha value is -2.12. The topological polar surface area (TPSA) is 79.3 Å². The van der Waals surface area contributed by atoms with Gasteiger partial charge in [-0.2, -0.15) is 13.2 Å². The minimum atomic E-state index is -4.34. The van der Waals surface area contributed by atoms with Crippen LogP contribution in [0.2, 0.25) is 0 Å². The fourth-order valence-electron chi connectivity index (χ4n) is 2.60. The Morgan fingerprint density at radius 1 is 1.23 bits per heavy atom. The zero-order chi connectivity index (χ0) is 16.3. The highest BCUT2D eigenvalue weighted by Gasteiger charge is 2.45. The number of carboxylic acids is 1. The van der Waals surface area contributed by atoms with Gasteiger partial charge in [0.1, 0.15) is 5.69 Å². The number of amides is 1. The summed E-state index contributed by atoms with van der Waals surface area (Å²) in [4.78, 5) is 26.2. The van der Waals surface area contributed by atoms with Crippen LogP contribution in [0, 0.1) is 5.92 Å². The van der Waals surface area contributed by atoms with Gasteiger partial charge in [0.2, 0.25) is 0 Å². The van der Waals surface area contributed by atoms with Gasteiger partial charge in [0.05, 0.1) is 11.5 Å². The van der Waals surface area contributed by atoms with Crippen molar-refractivity contribution in [3.63, 3.8) is 0 Å². The molecule has 120 valence electrons. The molecule has 8 heteroatoms. The van der Waals surface area contributed by atoms with Crippen LogP contribution in [0.3, 0.4) is 0 Å². The van der Waals surface area contributed by atoms with Gasteiger partial charge < -0.3 is 10.4 Å². The maximum Gasteiger partial charge on any atom is 0.393 e. The highest BCUT2D eigenvalue weighted by atomic mass is 19.4. The highest BCUT2D eigenvalue weighted by Crippen LogP contribution is 2.37. The van der Waals surface area contributed by atoms with E-state index < -0.39 is 30.0 Å². The van der Waals surface area contributed by atoms with E-state index in [1.165, 1.54) is 6.07 Å². The van der Waals surface area contributed by atoms with Crippen molar-refractivity contribution in [1.82, 2.24) is 10.3 Å². The summed E-state index contributed by atoms with van der Waals surface area (Å²) in [6.07, 6.45) is -1.89. The zero-order valence-electron chi connectivity index (χ0n) is 11.6. The van der Waals surface area contributed by atoms with Crippen LogP contribution in [0.25, 0.3) is 0 Å². The third-order valence-corrected chi connectivity index (χ3v) is 3.75. The zero-order valence-corrected chi connectivity index (χ0v) is 11.6. The molecule has 1 heterocycles. The van der Waals surface area contributed by atoms with E-state index in [0.717, 1.165) is 12.3 Å². The summed E-state index contributed by atoms with van der Waals surface area (Å²) in [5.74, 6) is -3.46. The molecule has 1 saturated carbocycles. The summed E-state index contributed by atoms with van der Waals surface area (Å²) in [6, 6.07) is 1.41. The molecule has 22 heavy (non-hydrogen) atoms. The number of alkyl halides is 3. The highest BCUT2D eigenvalue weighted by molar-refractivity contribution is 5.95. The summed E-state index contributed by atoms with van der Waals surface area (Å²) in [6.45, 7) is 0. The van der Waals surface area contributed by atoms with Crippen LogP contribution < -0.4 is 5.32 Å². The smallest absolute Gasteiger partial charge is 0.393 e. The fourth-order valence-corrected chi connectivity index (χ4v) is 2.60. The van der Waals surface area contributed by atoms with Crippen molar-refractivity contribution in [2.45, 2.75) is 37.9 Å². The lowest BCUT2D eigenvalue weighted by Crippen LogP contribution is -2.47. The summed E-state index contributed by atoms with van der Waals surface area (Å²) in [5.41, 5.74) is -0.195. The fraction of sp³-hybridized carbons (Fsp3) is 0.500. The number of nitrogens with one attached hydrogen (secondary N) is 1. The average Bonchev–Trinajstić information content (AvgIpc) is 2.46. The standard InChI is InChI=1S/C14H15F3N2O3/c15-14(16,17)9-3-1-2-4-10(9)19-12(20)8-5-6-11(13(21)22)18-7-8/h5-7,9-10H,1-4H2,(H,19,20)(H,21,22)/t9-,10+/m1/s1. The Morgan fingerprint density at radius 3 is 2.45 bits per heavy atom. The van der Waals surface area contributed by atoms with E-state index in [9.17, 15) is 22.8 Å². The second kappa shape index (κ2) is 6.33. The molecule has 0 aromatic carbocycles. The van der Waals surface area contributed by atoms with Crippen molar-refractivity contribution in [1.29, 1.82) is 0 Å². The largest absolute Gasteiger partial charge is 0.477 e. The van der Waals surface area contributed by atoms with Crippen molar-refractivity contribution in [2.24, 2.45) is 5.92 Å². The molecule has 1 aromatic heterocycles. The second-order valence-corrected chi connectivity index (χ2v) is 5.25. The minimum absolute atomic E-state index is 0.00461. The summed E-state index contributed by atoms with van der Waals surface area (Å²) in [7, 11) is 0. The van der Waals surface area contributed by atoms with Gasteiger partial charge in [0, 0.05) is 12.2 Å². The number of nitrogens with zero attached hydrogens (tertiary/aromatic N) is 1. The predicted molar refractivity (Wildman–Crippen MR) is 70.5 cm³/mol. The van der Waals surface area contributed by atoms with Crippen LogP contribution in [0.15, 0.2) is 18.3 Å². The van der Waals surface area contributed by atoms with E-state index in [2.05, 4.69) is 10.3 Å². The van der Waals surface area contributed by atoms with Crippen molar-refractivity contribution in [3.8, 4) is 0 Å². The van der Waals surface area contributed by atoms with Gasteiger partial charge in [-0.15, -0.1) is 0 Å². The number of halogens is 3. The number of carboxylic acid groups (broad SMARTS) is 1. The van der Waals surface area contributed by atoms with Crippen molar-refractivity contribution in [3.05, 3.63) is 29.6 Å². The number of aromatic nitrogens is 1. The van der Waals surface area contributed by atoms with Gasteiger partial charge in [-0.3, -0.25) is 4.79 Å². The van der Waals surface area contributed by atoms with E-state index in [1.54, 1.807) is 0 Å².